The highest BCUT2D eigenvalue weighted by atomic mass is 16.2. The number of nitrogens with one attached hydrogen (secondary N) is 1. The average molecular weight is 182 g/mol. The van der Waals surface area contributed by atoms with Crippen molar-refractivity contribution in [1.82, 2.24) is 10.2 Å². The van der Waals surface area contributed by atoms with Crippen molar-refractivity contribution >= 4 is 5.91 Å². The van der Waals surface area contributed by atoms with Gasteiger partial charge in [0, 0.05) is 19.6 Å². The highest BCUT2D eigenvalue weighted by molar-refractivity contribution is 5.83. The lowest BCUT2D eigenvalue weighted by Crippen LogP contribution is -2.42. The predicted molar refractivity (Wildman–Crippen MR) is 51.4 cm³/mol. The van der Waals surface area contributed by atoms with E-state index in [1.807, 2.05) is 4.90 Å². The van der Waals surface area contributed by atoms with Crippen LogP contribution in [0.5, 0.6) is 0 Å². The van der Waals surface area contributed by atoms with Crippen LogP contribution >= 0.6 is 0 Å². The van der Waals surface area contributed by atoms with Gasteiger partial charge in [0.25, 0.3) is 0 Å². The second-order valence-electron chi connectivity index (χ2n) is 4.49. The molecule has 3 heteroatoms. The fraction of sp³-hybridized carbons (Fsp3) is 0.900. The number of amides is 1. The van der Waals surface area contributed by atoms with E-state index in [-0.39, 0.29) is 5.41 Å². The molecule has 0 aliphatic carbocycles. The number of carbonyl (C=O) groups is 1. The van der Waals surface area contributed by atoms with Crippen molar-refractivity contribution in [3.8, 4) is 0 Å². The standard InChI is InChI=1S/C10H18N2O/c1-10(4-5-11-8-10)9(13)12-6-2-3-7-12/h11H,2-8H2,1H3/t10-/m1/s1. The first-order valence-electron chi connectivity index (χ1n) is 5.22. The molecule has 0 unspecified atom stereocenters. The lowest BCUT2D eigenvalue weighted by molar-refractivity contribution is -0.139. The molecule has 2 aliphatic rings. The van der Waals surface area contributed by atoms with Gasteiger partial charge in [-0.25, -0.2) is 0 Å². The highest BCUT2D eigenvalue weighted by Crippen LogP contribution is 2.28. The molecule has 2 fully saturated rings. The van der Waals surface area contributed by atoms with E-state index in [0.717, 1.165) is 32.6 Å². The molecule has 1 N–H and O–H groups in total. The molecule has 1 amide bonds. The van der Waals surface area contributed by atoms with Gasteiger partial charge in [-0.1, -0.05) is 0 Å². The van der Waals surface area contributed by atoms with Crippen molar-refractivity contribution in [3.05, 3.63) is 0 Å². The Bertz CT molecular complexity index is 203. The Labute approximate surface area is 79.5 Å². The summed E-state index contributed by atoms with van der Waals surface area (Å²) < 4.78 is 0. The normalized spacial score (nSPS) is 34.1. The van der Waals surface area contributed by atoms with Gasteiger partial charge in [0.15, 0.2) is 0 Å². The lowest BCUT2D eigenvalue weighted by Gasteiger charge is -2.27. The van der Waals surface area contributed by atoms with Crippen molar-refractivity contribution in [3.63, 3.8) is 0 Å². The second-order valence-corrected chi connectivity index (χ2v) is 4.49. The van der Waals surface area contributed by atoms with Crippen LogP contribution in [-0.2, 0) is 4.79 Å². The third-order valence-corrected chi connectivity index (χ3v) is 3.28. The zero-order valence-electron chi connectivity index (χ0n) is 8.31. The maximum Gasteiger partial charge on any atom is 0.229 e. The Morgan fingerprint density at radius 3 is 2.62 bits per heavy atom. The number of likely N-dealkylation sites (tertiary alicyclic amines) is 1. The number of hydrogen-bond donors (Lipinski definition) is 1. The van der Waals surface area contributed by atoms with Crippen LogP contribution in [0, 0.1) is 5.41 Å². The molecule has 0 spiro atoms. The van der Waals surface area contributed by atoms with Crippen LogP contribution in [-0.4, -0.2) is 37.0 Å². The summed E-state index contributed by atoms with van der Waals surface area (Å²) in [5, 5.41) is 3.27. The minimum atomic E-state index is -0.107. The smallest absolute Gasteiger partial charge is 0.229 e. The van der Waals surface area contributed by atoms with Crippen LogP contribution in [0.15, 0.2) is 0 Å². The largest absolute Gasteiger partial charge is 0.342 e. The summed E-state index contributed by atoms with van der Waals surface area (Å²) in [6.07, 6.45) is 3.38. The minimum absolute atomic E-state index is 0.107. The molecular formula is C10H18N2O. The van der Waals surface area contributed by atoms with E-state index in [1.54, 1.807) is 0 Å². The van der Waals surface area contributed by atoms with Crippen LogP contribution in [0.3, 0.4) is 0 Å². The number of nitrogens with zero attached hydrogens (tertiary/aromatic N) is 1. The van der Waals surface area contributed by atoms with Gasteiger partial charge in [-0.2, -0.15) is 0 Å². The van der Waals surface area contributed by atoms with E-state index in [2.05, 4.69) is 12.2 Å². The third kappa shape index (κ3) is 1.57. The third-order valence-electron chi connectivity index (χ3n) is 3.28. The van der Waals surface area contributed by atoms with E-state index in [9.17, 15) is 4.79 Å². The first-order chi connectivity index (χ1) is 6.22. The average Bonchev–Trinajstić information content (AvgIpc) is 2.73. The Morgan fingerprint density at radius 2 is 2.08 bits per heavy atom. The monoisotopic (exact) mass is 182 g/mol. The lowest BCUT2D eigenvalue weighted by atomic mass is 9.88. The summed E-state index contributed by atoms with van der Waals surface area (Å²) in [7, 11) is 0. The SMILES string of the molecule is C[C@@]1(C(=O)N2CCCC2)CCNC1. The van der Waals surface area contributed by atoms with Gasteiger partial charge >= 0.3 is 0 Å². The molecule has 74 valence electrons. The van der Waals surface area contributed by atoms with Gasteiger partial charge in [-0.15, -0.1) is 0 Å². The van der Waals surface area contributed by atoms with Gasteiger partial charge in [-0.3, -0.25) is 4.79 Å². The fourth-order valence-electron chi connectivity index (χ4n) is 2.30. The zero-order valence-corrected chi connectivity index (χ0v) is 8.31. The Morgan fingerprint density at radius 1 is 1.38 bits per heavy atom. The molecule has 1 atom stereocenters. The molecule has 0 radical (unpaired) electrons. The van der Waals surface area contributed by atoms with Crippen molar-refractivity contribution in [2.24, 2.45) is 5.41 Å². The Hall–Kier alpha value is -0.570. The van der Waals surface area contributed by atoms with Gasteiger partial charge in [0.1, 0.15) is 0 Å². The van der Waals surface area contributed by atoms with Crippen LogP contribution < -0.4 is 5.32 Å². The van der Waals surface area contributed by atoms with Gasteiger partial charge < -0.3 is 10.2 Å². The molecular weight excluding hydrogens is 164 g/mol. The van der Waals surface area contributed by atoms with Crippen molar-refractivity contribution in [2.45, 2.75) is 26.2 Å². The molecule has 0 aromatic rings. The fourth-order valence-corrected chi connectivity index (χ4v) is 2.30. The quantitative estimate of drug-likeness (QED) is 0.644. The Balaban J connectivity index is 2.02. The van der Waals surface area contributed by atoms with Crippen LogP contribution in [0.1, 0.15) is 26.2 Å². The molecule has 2 saturated heterocycles. The van der Waals surface area contributed by atoms with Gasteiger partial charge in [0.2, 0.25) is 5.91 Å². The van der Waals surface area contributed by atoms with Crippen molar-refractivity contribution in [1.29, 1.82) is 0 Å². The number of hydrogen-bond acceptors (Lipinski definition) is 2. The number of rotatable bonds is 1. The molecule has 3 nitrogen and oxygen atoms in total. The van der Waals surface area contributed by atoms with Crippen LogP contribution in [0.4, 0.5) is 0 Å². The summed E-state index contributed by atoms with van der Waals surface area (Å²) in [4.78, 5) is 14.1. The van der Waals surface area contributed by atoms with Crippen LogP contribution in [0.25, 0.3) is 0 Å². The van der Waals surface area contributed by atoms with Crippen molar-refractivity contribution in [2.75, 3.05) is 26.2 Å². The summed E-state index contributed by atoms with van der Waals surface area (Å²) in [5.41, 5.74) is -0.107. The zero-order chi connectivity index (χ0) is 9.31. The summed E-state index contributed by atoms with van der Waals surface area (Å²) >= 11 is 0. The molecule has 0 aromatic heterocycles. The second kappa shape index (κ2) is 3.29. The topological polar surface area (TPSA) is 32.3 Å². The van der Waals surface area contributed by atoms with E-state index in [1.165, 1.54) is 12.8 Å². The minimum Gasteiger partial charge on any atom is -0.342 e. The highest BCUT2D eigenvalue weighted by Gasteiger charge is 2.39. The summed E-state index contributed by atoms with van der Waals surface area (Å²) in [6.45, 7) is 5.91. The molecule has 0 bridgehead atoms. The number of carbonyl (C=O) groups excluding carboxylic acids is 1. The van der Waals surface area contributed by atoms with Crippen molar-refractivity contribution < 1.29 is 4.79 Å². The summed E-state index contributed by atoms with van der Waals surface area (Å²) in [5.74, 6) is 0.370. The van der Waals surface area contributed by atoms with E-state index < -0.39 is 0 Å². The maximum absolute atomic E-state index is 12.1. The van der Waals surface area contributed by atoms with E-state index in [4.69, 9.17) is 0 Å². The first kappa shape index (κ1) is 9.00. The Kier molecular flexibility index (Phi) is 2.28. The van der Waals surface area contributed by atoms with Crippen LogP contribution in [0.2, 0.25) is 0 Å². The summed E-state index contributed by atoms with van der Waals surface area (Å²) in [6, 6.07) is 0. The molecule has 0 saturated carbocycles. The maximum atomic E-state index is 12.1. The molecule has 13 heavy (non-hydrogen) atoms. The van der Waals surface area contributed by atoms with Gasteiger partial charge in [-0.05, 0) is 32.7 Å². The molecule has 2 rings (SSSR count). The molecule has 2 heterocycles. The van der Waals surface area contributed by atoms with E-state index >= 15 is 0 Å². The van der Waals surface area contributed by atoms with Gasteiger partial charge in [0.05, 0.1) is 5.41 Å². The van der Waals surface area contributed by atoms with E-state index in [0.29, 0.717) is 5.91 Å². The first-order valence-corrected chi connectivity index (χ1v) is 5.22. The molecule has 2 aliphatic heterocycles. The molecule has 0 aromatic carbocycles. The predicted octanol–water partition coefficient (Wildman–Crippen LogP) is 0.608.